The molecule has 0 radical (unpaired) electrons. The van der Waals surface area contributed by atoms with Gasteiger partial charge in [0.1, 0.15) is 6.29 Å². The maximum atomic E-state index is 8.40. The van der Waals surface area contributed by atoms with Gasteiger partial charge in [-0.25, -0.2) is 0 Å². The molecule has 0 aromatic rings. The Bertz CT molecular complexity index is 205. The molecule has 15 heavy (non-hydrogen) atoms. The smallest absolute Gasteiger partial charge is 0.180 e. The predicted molar refractivity (Wildman–Crippen MR) is 62.0 cm³/mol. The fraction of sp³-hybridized carbons (Fsp3) is 0.909. The van der Waals surface area contributed by atoms with Gasteiger partial charge in [0.25, 0.3) is 0 Å². The number of hydrogen-bond donors (Lipinski definition) is 0. The number of nitrogens with zero attached hydrogens (tertiary/aromatic N) is 1. The number of ether oxygens (including phenoxy) is 1. The van der Waals surface area contributed by atoms with Crippen molar-refractivity contribution in [3.63, 3.8) is 0 Å². The third-order valence-corrected chi connectivity index (χ3v) is 5.50. The second kappa shape index (κ2) is 7.86. The summed E-state index contributed by atoms with van der Waals surface area (Å²) in [5, 5.41) is 8.40. The van der Waals surface area contributed by atoms with Crippen LogP contribution in [0.1, 0.15) is 39.0 Å². The van der Waals surface area contributed by atoms with Crippen LogP contribution in [0.5, 0.6) is 0 Å². The van der Waals surface area contributed by atoms with Crippen molar-refractivity contribution in [3.8, 4) is 6.07 Å². The van der Waals surface area contributed by atoms with E-state index in [1.165, 1.54) is 31.4 Å². The lowest BCUT2D eigenvalue weighted by Crippen LogP contribution is -2.32. The standard InChI is InChI=1S/C11H21NO2Si/c1-2-3-9-15-10-4-6-11(14-15)13-8-5-7-12/h11,15H,2-6,8-10H2,1H3. The SMILES string of the molecule is CCCC[SiH]1CCCC(OCCC#N)O1. The Labute approximate surface area is 94.1 Å². The van der Waals surface area contributed by atoms with E-state index in [-0.39, 0.29) is 6.29 Å². The first kappa shape index (κ1) is 12.7. The molecule has 1 rings (SSSR count). The molecule has 3 nitrogen and oxygen atoms in total. The van der Waals surface area contributed by atoms with E-state index >= 15 is 0 Å². The average molecular weight is 227 g/mol. The lowest BCUT2D eigenvalue weighted by molar-refractivity contribution is -0.0929. The fourth-order valence-corrected chi connectivity index (χ4v) is 4.63. The van der Waals surface area contributed by atoms with Crippen LogP contribution in [0.4, 0.5) is 0 Å². The minimum Gasteiger partial charge on any atom is -0.396 e. The summed E-state index contributed by atoms with van der Waals surface area (Å²) in [6.07, 6.45) is 5.29. The molecule has 0 bridgehead atoms. The molecule has 4 heteroatoms. The van der Waals surface area contributed by atoms with Crippen molar-refractivity contribution in [1.82, 2.24) is 0 Å². The predicted octanol–water partition coefficient (Wildman–Crippen LogP) is 2.58. The largest absolute Gasteiger partial charge is 0.396 e. The lowest BCUT2D eigenvalue weighted by Gasteiger charge is -2.29. The maximum Gasteiger partial charge on any atom is 0.180 e. The van der Waals surface area contributed by atoms with Gasteiger partial charge in [0.15, 0.2) is 9.04 Å². The quantitative estimate of drug-likeness (QED) is 0.517. The fourth-order valence-electron chi connectivity index (χ4n) is 1.87. The number of hydrogen-bond acceptors (Lipinski definition) is 3. The number of unbranched alkanes of at least 4 members (excludes halogenated alkanes) is 1. The highest BCUT2D eigenvalue weighted by Gasteiger charge is 2.23. The van der Waals surface area contributed by atoms with E-state index in [2.05, 4.69) is 13.0 Å². The Morgan fingerprint density at radius 1 is 1.60 bits per heavy atom. The van der Waals surface area contributed by atoms with Gasteiger partial charge < -0.3 is 9.16 Å². The summed E-state index contributed by atoms with van der Waals surface area (Å²) in [6.45, 7) is 2.74. The zero-order valence-electron chi connectivity index (χ0n) is 9.58. The average Bonchev–Trinajstić information content (AvgIpc) is 2.27. The minimum absolute atomic E-state index is 0.000577. The molecule has 0 aromatic heterocycles. The summed E-state index contributed by atoms with van der Waals surface area (Å²) in [6, 6.07) is 4.67. The van der Waals surface area contributed by atoms with Crippen molar-refractivity contribution in [2.45, 2.75) is 57.4 Å². The van der Waals surface area contributed by atoms with Gasteiger partial charge in [-0.05, 0) is 24.9 Å². The second-order valence-corrected chi connectivity index (χ2v) is 6.71. The molecule has 1 aliphatic rings. The van der Waals surface area contributed by atoms with Crippen LogP contribution in [-0.2, 0) is 9.16 Å². The van der Waals surface area contributed by atoms with Gasteiger partial charge in [0.05, 0.1) is 19.1 Å². The molecule has 0 N–H and O–H groups in total. The molecule has 1 heterocycles. The van der Waals surface area contributed by atoms with Crippen LogP contribution in [0.3, 0.4) is 0 Å². The molecule has 0 amide bonds. The molecule has 86 valence electrons. The Kier molecular flexibility index (Phi) is 6.65. The summed E-state index contributed by atoms with van der Waals surface area (Å²) in [5.74, 6) is 0. The van der Waals surface area contributed by atoms with Crippen LogP contribution < -0.4 is 0 Å². The van der Waals surface area contributed by atoms with E-state index in [0.29, 0.717) is 13.0 Å². The minimum atomic E-state index is -0.961. The first-order valence-electron chi connectivity index (χ1n) is 6.00. The second-order valence-electron chi connectivity index (χ2n) is 4.04. The van der Waals surface area contributed by atoms with Crippen molar-refractivity contribution < 1.29 is 9.16 Å². The molecule has 2 atom stereocenters. The van der Waals surface area contributed by atoms with Crippen LogP contribution >= 0.6 is 0 Å². The molecule has 0 aliphatic carbocycles. The monoisotopic (exact) mass is 227 g/mol. The summed E-state index contributed by atoms with van der Waals surface area (Å²) in [4.78, 5) is 0. The Balaban J connectivity index is 2.14. The molecule has 0 aromatic carbocycles. The summed E-state index contributed by atoms with van der Waals surface area (Å²) in [5.41, 5.74) is 0. The van der Waals surface area contributed by atoms with Gasteiger partial charge >= 0.3 is 0 Å². The van der Waals surface area contributed by atoms with Crippen LogP contribution in [0, 0.1) is 11.3 Å². The molecule has 2 unspecified atom stereocenters. The van der Waals surface area contributed by atoms with Gasteiger partial charge in [0, 0.05) is 0 Å². The Hall–Kier alpha value is -0.373. The molecule has 1 aliphatic heterocycles. The normalized spacial score (nSPS) is 26.1. The molecular weight excluding hydrogens is 206 g/mol. The van der Waals surface area contributed by atoms with Crippen LogP contribution in [0.2, 0.25) is 12.1 Å². The van der Waals surface area contributed by atoms with Crippen LogP contribution in [0.25, 0.3) is 0 Å². The molecule has 1 fully saturated rings. The van der Waals surface area contributed by atoms with E-state index < -0.39 is 9.04 Å². The summed E-state index contributed by atoms with van der Waals surface area (Å²) >= 11 is 0. The molecule has 0 spiro atoms. The van der Waals surface area contributed by atoms with E-state index in [1.807, 2.05) is 0 Å². The molecular formula is C11H21NO2Si. The zero-order valence-corrected chi connectivity index (χ0v) is 10.7. The van der Waals surface area contributed by atoms with Crippen molar-refractivity contribution in [2.24, 2.45) is 0 Å². The van der Waals surface area contributed by atoms with Crippen molar-refractivity contribution in [1.29, 1.82) is 5.26 Å². The molecule has 0 saturated carbocycles. The van der Waals surface area contributed by atoms with E-state index in [4.69, 9.17) is 14.4 Å². The zero-order chi connectivity index (χ0) is 10.9. The van der Waals surface area contributed by atoms with Gasteiger partial charge in [-0.2, -0.15) is 5.26 Å². The topological polar surface area (TPSA) is 42.2 Å². The Morgan fingerprint density at radius 3 is 3.20 bits per heavy atom. The highest BCUT2D eigenvalue weighted by molar-refractivity contribution is 6.52. The summed E-state index contributed by atoms with van der Waals surface area (Å²) < 4.78 is 11.5. The maximum absolute atomic E-state index is 8.40. The van der Waals surface area contributed by atoms with Gasteiger partial charge in [-0.1, -0.05) is 19.8 Å². The summed E-state index contributed by atoms with van der Waals surface area (Å²) in [7, 11) is -0.961. The lowest BCUT2D eigenvalue weighted by atomic mass is 10.3. The Morgan fingerprint density at radius 2 is 2.47 bits per heavy atom. The number of rotatable bonds is 6. The van der Waals surface area contributed by atoms with Gasteiger partial charge in [-0.3, -0.25) is 0 Å². The number of nitriles is 1. The first-order valence-corrected chi connectivity index (χ1v) is 8.11. The van der Waals surface area contributed by atoms with Crippen molar-refractivity contribution in [3.05, 3.63) is 0 Å². The highest BCUT2D eigenvalue weighted by atomic mass is 28.3. The third-order valence-electron chi connectivity index (χ3n) is 2.71. The highest BCUT2D eigenvalue weighted by Crippen LogP contribution is 2.22. The van der Waals surface area contributed by atoms with Gasteiger partial charge in [-0.15, -0.1) is 0 Å². The van der Waals surface area contributed by atoms with Gasteiger partial charge in [0.2, 0.25) is 0 Å². The third kappa shape index (κ3) is 5.31. The van der Waals surface area contributed by atoms with Crippen LogP contribution in [-0.4, -0.2) is 21.9 Å². The van der Waals surface area contributed by atoms with E-state index in [0.717, 1.165) is 6.42 Å². The van der Waals surface area contributed by atoms with Crippen molar-refractivity contribution in [2.75, 3.05) is 6.61 Å². The first-order chi connectivity index (χ1) is 7.36. The van der Waals surface area contributed by atoms with E-state index in [1.54, 1.807) is 0 Å². The molecule has 1 saturated heterocycles. The van der Waals surface area contributed by atoms with Crippen molar-refractivity contribution >= 4 is 9.04 Å². The van der Waals surface area contributed by atoms with Crippen LogP contribution in [0.15, 0.2) is 0 Å². The van der Waals surface area contributed by atoms with E-state index in [9.17, 15) is 0 Å².